The lowest BCUT2D eigenvalue weighted by Gasteiger charge is -2.36. The van der Waals surface area contributed by atoms with Crippen LogP contribution < -0.4 is 0 Å². The molecular formula is C24H22F3NO3. The van der Waals surface area contributed by atoms with Crippen molar-refractivity contribution in [1.29, 1.82) is 0 Å². The first-order valence-electron chi connectivity index (χ1n) is 9.97. The Morgan fingerprint density at radius 1 is 0.903 bits per heavy atom. The lowest BCUT2D eigenvalue weighted by Crippen LogP contribution is -2.55. The fraction of sp³-hybridized carbons (Fsp3) is 0.333. The van der Waals surface area contributed by atoms with Crippen molar-refractivity contribution < 1.29 is 27.9 Å². The zero-order chi connectivity index (χ0) is 22.6. The van der Waals surface area contributed by atoms with Gasteiger partial charge in [0.15, 0.2) is 5.78 Å². The summed E-state index contributed by atoms with van der Waals surface area (Å²) in [7, 11) is 0. The van der Waals surface area contributed by atoms with Gasteiger partial charge in [0.2, 0.25) is 0 Å². The fourth-order valence-corrected chi connectivity index (χ4v) is 4.61. The third-order valence-corrected chi connectivity index (χ3v) is 5.93. The van der Waals surface area contributed by atoms with E-state index in [1.54, 1.807) is 74.5 Å². The second-order valence-corrected chi connectivity index (χ2v) is 8.87. The molecule has 0 saturated carbocycles. The normalized spacial score (nSPS) is 23.5. The van der Waals surface area contributed by atoms with Crippen LogP contribution in [-0.4, -0.2) is 33.5 Å². The molecule has 31 heavy (non-hydrogen) atoms. The molecule has 4 nitrogen and oxygen atoms in total. The van der Waals surface area contributed by atoms with Gasteiger partial charge in [-0.25, -0.2) is 0 Å². The quantitative estimate of drug-likeness (QED) is 0.779. The molecule has 1 N–H and O–H groups in total. The number of amides is 1. The molecule has 0 spiro atoms. The number of aliphatic hydroxyl groups is 1. The van der Waals surface area contributed by atoms with E-state index >= 15 is 0 Å². The van der Waals surface area contributed by atoms with Gasteiger partial charge in [-0.2, -0.15) is 13.2 Å². The first-order chi connectivity index (χ1) is 14.5. The van der Waals surface area contributed by atoms with Crippen molar-refractivity contribution in [1.82, 2.24) is 4.90 Å². The summed E-state index contributed by atoms with van der Waals surface area (Å²) in [6.45, 7) is 3.53. The van der Waals surface area contributed by atoms with Gasteiger partial charge in [0.1, 0.15) is 0 Å². The lowest BCUT2D eigenvalue weighted by atomic mass is 9.73. The number of halogens is 3. The zero-order valence-electron chi connectivity index (χ0n) is 17.1. The third kappa shape index (κ3) is 3.28. The zero-order valence-corrected chi connectivity index (χ0v) is 17.1. The maximum absolute atomic E-state index is 14.1. The summed E-state index contributed by atoms with van der Waals surface area (Å²) < 4.78 is 42.3. The molecule has 1 aliphatic carbocycles. The molecule has 0 aromatic heterocycles. The molecule has 2 aliphatic rings. The standard InChI is InChI=1S/C24H22F3NO3/c1-22(2)13-17-19(18(29)14-22)23(31,24(25,26)27)21(30)28(17)20(15-9-5-3-6-10-15)16-11-7-4-8-12-16/h3-12,20,31H,13-14H2,1-2H3/t23-/m1/s1. The number of ketones is 1. The largest absolute Gasteiger partial charge is 0.430 e. The minimum Gasteiger partial charge on any atom is -0.368 e. The highest BCUT2D eigenvalue weighted by molar-refractivity contribution is 6.11. The number of carbonyl (C=O) groups is 2. The first kappa shape index (κ1) is 21.3. The molecule has 1 aliphatic heterocycles. The van der Waals surface area contributed by atoms with Gasteiger partial charge in [-0.05, 0) is 23.0 Å². The minimum atomic E-state index is -5.32. The van der Waals surface area contributed by atoms with Crippen molar-refractivity contribution in [3.63, 3.8) is 0 Å². The number of hydrogen-bond donors (Lipinski definition) is 1. The van der Waals surface area contributed by atoms with E-state index in [0.29, 0.717) is 11.1 Å². The van der Waals surface area contributed by atoms with Gasteiger partial charge in [-0.3, -0.25) is 9.59 Å². The van der Waals surface area contributed by atoms with E-state index in [9.17, 15) is 27.9 Å². The predicted octanol–water partition coefficient (Wildman–Crippen LogP) is 4.55. The van der Waals surface area contributed by atoms with Crippen LogP contribution in [-0.2, 0) is 9.59 Å². The Morgan fingerprint density at radius 3 is 1.84 bits per heavy atom. The number of carbonyl (C=O) groups excluding carboxylic acids is 2. The maximum Gasteiger partial charge on any atom is 0.430 e. The van der Waals surface area contributed by atoms with Gasteiger partial charge >= 0.3 is 6.18 Å². The van der Waals surface area contributed by atoms with Crippen molar-refractivity contribution in [3.8, 4) is 0 Å². The predicted molar refractivity (Wildman–Crippen MR) is 108 cm³/mol. The van der Waals surface area contributed by atoms with Crippen molar-refractivity contribution in [3.05, 3.63) is 83.1 Å². The smallest absolute Gasteiger partial charge is 0.368 e. The highest BCUT2D eigenvalue weighted by Crippen LogP contribution is 2.54. The van der Waals surface area contributed by atoms with Crippen molar-refractivity contribution in [2.24, 2.45) is 5.41 Å². The molecule has 1 heterocycles. The Labute approximate surface area is 178 Å². The molecule has 2 aromatic carbocycles. The highest BCUT2D eigenvalue weighted by Gasteiger charge is 2.71. The molecule has 0 saturated heterocycles. The van der Waals surface area contributed by atoms with E-state index in [1.807, 2.05) is 0 Å². The van der Waals surface area contributed by atoms with Gasteiger partial charge in [0.05, 0.1) is 11.6 Å². The Kier molecular flexibility index (Phi) is 4.85. The number of benzene rings is 2. The number of alkyl halides is 3. The summed E-state index contributed by atoms with van der Waals surface area (Å²) in [5.74, 6) is -2.38. The SMILES string of the molecule is CC1(C)CC(=O)C2=C(C1)N(C(c1ccccc1)c1ccccc1)C(=O)[C@@]2(O)C(F)(F)F. The average molecular weight is 429 g/mol. The molecule has 2 aromatic rings. The topological polar surface area (TPSA) is 57.6 Å². The molecule has 0 fully saturated rings. The summed E-state index contributed by atoms with van der Waals surface area (Å²) in [6.07, 6.45) is -5.43. The average Bonchev–Trinajstić information content (AvgIpc) is 2.91. The molecule has 1 atom stereocenters. The Balaban J connectivity index is 1.99. The molecule has 162 valence electrons. The van der Waals surface area contributed by atoms with E-state index in [0.717, 1.165) is 4.90 Å². The van der Waals surface area contributed by atoms with Crippen molar-refractivity contribution in [2.75, 3.05) is 0 Å². The number of Topliss-reactive ketones (excluding diaryl/α,β-unsaturated/α-hetero) is 1. The number of nitrogens with zero attached hydrogens (tertiary/aromatic N) is 1. The van der Waals surface area contributed by atoms with Crippen LogP contribution in [0.15, 0.2) is 71.9 Å². The second kappa shape index (κ2) is 7.05. The molecule has 4 rings (SSSR count). The minimum absolute atomic E-state index is 0.0521. The molecule has 7 heteroatoms. The maximum atomic E-state index is 14.1. The fourth-order valence-electron chi connectivity index (χ4n) is 4.61. The Bertz CT molecular complexity index is 1020. The molecule has 0 radical (unpaired) electrons. The molecule has 0 unspecified atom stereocenters. The molecule has 0 bridgehead atoms. The van der Waals surface area contributed by atoms with E-state index < -0.39 is 40.5 Å². The second-order valence-electron chi connectivity index (χ2n) is 8.87. The summed E-state index contributed by atoms with van der Waals surface area (Å²) in [5, 5.41) is 10.8. The van der Waals surface area contributed by atoms with Gasteiger partial charge < -0.3 is 10.0 Å². The number of allylic oxidation sites excluding steroid dienone is 1. The van der Waals surface area contributed by atoms with Crippen LogP contribution in [0.5, 0.6) is 0 Å². The summed E-state index contributed by atoms with van der Waals surface area (Å²) in [6, 6.07) is 16.4. The van der Waals surface area contributed by atoms with E-state index in [-0.39, 0.29) is 18.5 Å². The Morgan fingerprint density at radius 2 is 1.39 bits per heavy atom. The number of hydrogen-bond acceptors (Lipinski definition) is 3. The van der Waals surface area contributed by atoms with Crippen molar-refractivity contribution in [2.45, 2.75) is 44.5 Å². The van der Waals surface area contributed by atoms with Crippen LogP contribution in [0.4, 0.5) is 13.2 Å². The first-order valence-corrected chi connectivity index (χ1v) is 9.97. The van der Waals surface area contributed by atoms with Crippen LogP contribution in [0.25, 0.3) is 0 Å². The van der Waals surface area contributed by atoms with Crippen LogP contribution in [0.3, 0.4) is 0 Å². The van der Waals surface area contributed by atoms with Gasteiger partial charge in [-0.1, -0.05) is 74.5 Å². The molecule has 1 amide bonds. The van der Waals surface area contributed by atoms with Gasteiger partial charge in [0.25, 0.3) is 11.5 Å². The van der Waals surface area contributed by atoms with Gasteiger partial charge in [-0.15, -0.1) is 0 Å². The monoisotopic (exact) mass is 429 g/mol. The third-order valence-electron chi connectivity index (χ3n) is 5.93. The Hall–Kier alpha value is -2.93. The summed E-state index contributed by atoms with van der Waals surface area (Å²) in [5.41, 5.74) is -4.22. The number of rotatable bonds is 3. The van der Waals surface area contributed by atoms with E-state index in [4.69, 9.17) is 0 Å². The van der Waals surface area contributed by atoms with E-state index in [2.05, 4.69) is 0 Å². The van der Waals surface area contributed by atoms with E-state index in [1.165, 1.54) is 0 Å². The van der Waals surface area contributed by atoms with Crippen LogP contribution in [0.2, 0.25) is 0 Å². The van der Waals surface area contributed by atoms with Crippen molar-refractivity contribution >= 4 is 11.7 Å². The highest BCUT2D eigenvalue weighted by atomic mass is 19.4. The molecular weight excluding hydrogens is 407 g/mol. The van der Waals surface area contributed by atoms with Crippen LogP contribution in [0, 0.1) is 5.41 Å². The summed E-state index contributed by atoms with van der Waals surface area (Å²) in [4.78, 5) is 27.2. The lowest BCUT2D eigenvalue weighted by molar-refractivity contribution is -0.239. The van der Waals surface area contributed by atoms with Crippen LogP contribution in [0.1, 0.15) is 43.9 Å². The van der Waals surface area contributed by atoms with Crippen LogP contribution >= 0.6 is 0 Å². The summed E-state index contributed by atoms with van der Waals surface area (Å²) >= 11 is 0. The van der Waals surface area contributed by atoms with Gasteiger partial charge in [0, 0.05) is 12.1 Å².